The second-order valence-electron chi connectivity index (χ2n) is 3.30. The number of benzene rings is 1. The maximum Gasteiger partial charge on any atom is 0.242 e. The van der Waals surface area contributed by atoms with Gasteiger partial charge < -0.3 is 15.2 Å². The summed E-state index contributed by atoms with van der Waals surface area (Å²) in [6.07, 6.45) is 1.47. The van der Waals surface area contributed by atoms with Gasteiger partial charge in [0.15, 0.2) is 11.5 Å². The van der Waals surface area contributed by atoms with E-state index in [9.17, 15) is 0 Å². The van der Waals surface area contributed by atoms with Crippen molar-refractivity contribution < 1.29 is 9.47 Å². The summed E-state index contributed by atoms with van der Waals surface area (Å²) >= 11 is 5.76. The third-order valence-corrected chi connectivity index (χ3v) is 2.33. The molecule has 0 saturated heterocycles. The van der Waals surface area contributed by atoms with Crippen molar-refractivity contribution in [3.8, 4) is 17.4 Å². The molecular formula is C12H11ClN2O2. The lowest BCUT2D eigenvalue weighted by Crippen LogP contribution is -1.96. The molecule has 0 unspecified atom stereocenters. The molecule has 4 nitrogen and oxygen atoms in total. The average Bonchev–Trinajstić information content (AvgIpc) is 2.33. The van der Waals surface area contributed by atoms with Crippen LogP contribution in [0.4, 0.5) is 5.69 Å². The molecule has 0 amide bonds. The van der Waals surface area contributed by atoms with Crippen LogP contribution in [0.5, 0.6) is 17.4 Å². The number of pyridine rings is 1. The van der Waals surface area contributed by atoms with Crippen molar-refractivity contribution in [1.82, 2.24) is 4.98 Å². The molecule has 17 heavy (non-hydrogen) atoms. The highest BCUT2D eigenvalue weighted by atomic mass is 35.5. The summed E-state index contributed by atoms with van der Waals surface area (Å²) in [4.78, 5) is 4.01. The normalized spacial score (nSPS) is 10.0. The third-order valence-electron chi connectivity index (χ3n) is 2.12. The number of nitrogens with two attached hydrogens (primary N) is 1. The molecule has 0 radical (unpaired) electrons. The third kappa shape index (κ3) is 2.60. The van der Waals surface area contributed by atoms with Crippen LogP contribution in [0.15, 0.2) is 36.5 Å². The maximum absolute atomic E-state index is 5.76. The minimum atomic E-state index is 0.305. The van der Waals surface area contributed by atoms with Crippen LogP contribution in [0, 0.1) is 0 Å². The molecule has 0 aliphatic carbocycles. The molecule has 1 aromatic carbocycles. The van der Waals surface area contributed by atoms with Gasteiger partial charge in [-0.2, -0.15) is 0 Å². The predicted octanol–water partition coefficient (Wildman–Crippen LogP) is 3.12. The highest BCUT2D eigenvalue weighted by molar-refractivity contribution is 6.30. The van der Waals surface area contributed by atoms with Gasteiger partial charge in [-0.05, 0) is 18.2 Å². The Morgan fingerprint density at radius 3 is 2.59 bits per heavy atom. The van der Waals surface area contributed by atoms with E-state index < -0.39 is 0 Å². The quantitative estimate of drug-likeness (QED) is 0.909. The van der Waals surface area contributed by atoms with E-state index in [1.165, 1.54) is 6.20 Å². The topological polar surface area (TPSA) is 57.4 Å². The number of anilines is 1. The molecule has 1 heterocycles. The smallest absolute Gasteiger partial charge is 0.242 e. The van der Waals surface area contributed by atoms with E-state index in [0.29, 0.717) is 28.1 Å². The molecule has 0 aliphatic rings. The summed E-state index contributed by atoms with van der Waals surface area (Å²) in [6.45, 7) is 0. The Hall–Kier alpha value is -1.94. The zero-order chi connectivity index (χ0) is 12.3. The van der Waals surface area contributed by atoms with Gasteiger partial charge in [0.2, 0.25) is 5.88 Å². The number of hydrogen-bond acceptors (Lipinski definition) is 4. The number of hydrogen-bond donors (Lipinski definition) is 1. The van der Waals surface area contributed by atoms with E-state index >= 15 is 0 Å². The molecule has 0 spiro atoms. The molecule has 0 aliphatic heterocycles. The fourth-order valence-corrected chi connectivity index (χ4v) is 1.50. The molecule has 5 heteroatoms. The first-order chi connectivity index (χ1) is 8.20. The summed E-state index contributed by atoms with van der Waals surface area (Å²) in [6, 6.07) is 8.84. The summed E-state index contributed by atoms with van der Waals surface area (Å²) in [5.41, 5.74) is 6.13. The first kappa shape index (κ1) is 11.5. The molecule has 2 rings (SSSR count). The van der Waals surface area contributed by atoms with E-state index in [-0.39, 0.29) is 0 Å². The summed E-state index contributed by atoms with van der Waals surface area (Å²) in [5.74, 6) is 1.47. The molecule has 88 valence electrons. The van der Waals surface area contributed by atoms with E-state index in [4.69, 9.17) is 26.8 Å². The van der Waals surface area contributed by atoms with Gasteiger partial charge in [0.1, 0.15) is 0 Å². The second kappa shape index (κ2) is 4.93. The number of methoxy groups -OCH3 is 1. The first-order valence-electron chi connectivity index (χ1n) is 4.92. The molecule has 0 bridgehead atoms. The van der Waals surface area contributed by atoms with Crippen LogP contribution in [-0.4, -0.2) is 12.1 Å². The van der Waals surface area contributed by atoms with Crippen LogP contribution in [0.25, 0.3) is 0 Å². The van der Waals surface area contributed by atoms with Crippen molar-refractivity contribution in [2.24, 2.45) is 0 Å². The number of halogens is 1. The lowest BCUT2D eigenvalue weighted by molar-refractivity contribution is 0.375. The standard InChI is InChI=1S/C12H11ClN2O2/c1-16-10-4-2-3-5-11(10)17-12-9(14)6-8(13)7-15-12/h2-7H,14H2,1H3. The van der Waals surface area contributed by atoms with Gasteiger partial charge >= 0.3 is 0 Å². The fourth-order valence-electron chi connectivity index (χ4n) is 1.33. The van der Waals surface area contributed by atoms with Gasteiger partial charge in [0, 0.05) is 6.20 Å². The zero-order valence-corrected chi connectivity index (χ0v) is 9.94. The SMILES string of the molecule is COc1ccccc1Oc1ncc(Cl)cc1N. The number of ether oxygens (including phenoxy) is 2. The van der Waals surface area contributed by atoms with Gasteiger partial charge in [-0.1, -0.05) is 23.7 Å². The molecule has 2 aromatic rings. The van der Waals surface area contributed by atoms with Gasteiger partial charge in [-0.25, -0.2) is 4.98 Å². The van der Waals surface area contributed by atoms with Gasteiger partial charge in [0.25, 0.3) is 0 Å². The molecule has 1 aromatic heterocycles. The van der Waals surface area contributed by atoms with Crippen LogP contribution in [0.1, 0.15) is 0 Å². The van der Waals surface area contributed by atoms with Crippen LogP contribution >= 0.6 is 11.6 Å². The average molecular weight is 251 g/mol. The highest BCUT2D eigenvalue weighted by Crippen LogP contribution is 2.33. The minimum absolute atomic E-state index is 0.305. The van der Waals surface area contributed by atoms with Crippen molar-refractivity contribution >= 4 is 17.3 Å². The second-order valence-corrected chi connectivity index (χ2v) is 3.74. The Labute approximate surface area is 104 Å². The summed E-state index contributed by atoms with van der Waals surface area (Å²) in [7, 11) is 1.57. The van der Waals surface area contributed by atoms with Crippen LogP contribution in [0.3, 0.4) is 0 Å². The number of nitrogen functional groups attached to an aromatic ring is 1. The summed E-state index contributed by atoms with van der Waals surface area (Å²) < 4.78 is 10.7. The number of aromatic nitrogens is 1. The van der Waals surface area contributed by atoms with Gasteiger partial charge in [0.05, 0.1) is 17.8 Å². The number of rotatable bonds is 3. The first-order valence-corrected chi connectivity index (χ1v) is 5.30. The molecule has 0 atom stereocenters. The Bertz CT molecular complexity index is 532. The molecule has 2 N–H and O–H groups in total. The van der Waals surface area contributed by atoms with Crippen molar-refractivity contribution in [1.29, 1.82) is 0 Å². The largest absolute Gasteiger partial charge is 0.493 e. The fraction of sp³-hybridized carbons (Fsp3) is 0.0833. The molecular weight excluding hydrogens is 240 g/mol. The van der Waals surface area contributed by atoms with Crippen molar-refractivity contribution in [3.05, 3.63) is 41.6 Å². The number of nitrogens with zero attached hydrogens (tertiary/aromatic N) is 1. The van der Waals surface area contributed by atoms with E-state index in [1.54, 1.807) is 25.3 Å². The lowest BCUT2D eigenvalue weighted by atomic mass is 10.3. The van der Waals surface area contributed by atoms with Crippen molar-refractivity contribution in [2.45, 2.75) is 0 Å². The van der Waals surface area contributed by atoms with Crippen LogP contribution in [0.2, 0.25) is 5.02 Å². The van der Waals surface area contributed by atoms with Crippen LogP contribution in [-0.2, 0) is 0 Å². The van der Waals surface area contributed by atoms with Gasteiger partial charge in [-0.15, -0.1) is 0 Å². The minimum Gasteiger partial charge on any atom is -0.493 e. The number of para-hydroxylation sites is 2. The monoisotopic (exact) mass is 250 g/mol. The van der Waals surface area contributed by atoms with Crippen molar-refractivity contribution in [2.75, 3.05) is 12.8 Å². The highest BCUT2D eigenvalue weighted by Gasteiger charge is 2.08. The molecule has 0 fully saturated rings. The molecule has 0 saturated carbocycles. The zero-order valence-electron chi connectivity index (χ0n) is 9.18. The Balaban J connectivity index is 2.31. The van der Waals surface area contributed by atoms with E-state index in [2.05, 4.69) is 4.98 Å². The Morgan fingerprint density at radius 2 is 1.94 bits per heavy atom. The van der Waals surface area contributed by atoms with Gasteiger partial charge in [-0.3, -0.25) is 0 Å². The lowest BCUT2D eigenvalue weighted by Gasteiger charge is -2.10. The van der Waals surface area contributed by atoms with E-state index in [1.807, 2.05) is 12.1 Å². The van der Waals surface area contributed by atoms with Crippen molar-refractivity contribution in [3.63, 3.8) is 0 Å². The Morgan fingerprint density at radius 1 is 1.24 bits per heavy atom. The van der Waals surface area contributed by atoms with E-state index in [0.717, 1.165) is 0 Å². The Kier molecular flexibility index (Phi) is 3.35. The maximum atomic E-state index is 5.76. The summed E-state index contributed by atoms with van der Waals surface area (Å²) in [5, 5.41) is 0.467. The predicted molar refractivity (Wildman–Crippen MR) is 66.7 cm³/mol. The van der Waals surface area contributed by atoms with Crippen LogP contribution < -0.4 is 15.2 Å².